The van der Waals surface area contributed by atoms with Crippen LogP contribution in [0, 0.1) is 12.8 Å². The predicted octanol–water partition coefficient (Wildman–Crippen LogP) is 6.95. The van der Waals surface area contributed by atoms with Gasteiger partial charge in [-0.05, 0) is 87.9 Å². The van der Waals surface area contributed by atoms with E-state index >= 15 is 0 Å². The van der Waals surface area contributed by atoms with E-state index in [9.17, 15) is 4.79 Å². The van der Waals surface area contributed by atoms with Crippen molar-refractivity contribution in [2.45, 2.75) is 119 Å². The van der Waals surface area contributed by atoms with Crippen LogP contribution in [0.4, 0.5) is 0 Å². The highest BCUT2D eigenvalue weighted by Crippen LogP contribution is 2.49. The number of benzene rings is 1. The van der Waals surface area contributed by atoms with Gasteiger partial charge in [0.1, 0.15) is 0 Å². The number of ether oxygens (including phenoxy) is 1. The molecule has 3 heterocycles. The molecule has 2 saturated heterocycles. The fourth-order valence-corrected chi connectivity index (χ4v) is 8.57. The van der Waals surface area contributed by atoms with E-state index in [-0.39, 0.29) is 23.5 Å². The van der Waals surface area contributed by atoms with Gasteiger partial charge in [-0.1, -0.05) is 56.7 Å². The zero-order chi connectivity index (χ0) is 26.7. The zero-order valence-electron chi connectivity index (χ0n) is 23.6. The van der Waals surface area contributed by atoms with Crippen molar-refractivity contribution in [3.05, 3.63) is 53.3 Å². The Hall–Kier alpha value is -1.80. The summed E-state index contributed by atoms with van der Waals surface area (Å²) in [5.74, 6) is 0.791. The molecule has 0 radical (unpaired) electrons. The second kappa shape index (κ2) is 12.4. The smallest absolute Gasteiger partial charge is 0.253 e. The van der Waals surface area contributed by atoms with Crippen molar-refractivity contribution in [3.8, 4) is 0 Å². The first-order valence-corrected chi connectivity index (χ1v) is 16.3. The standard InChI is InChI=1S/C32H46N4O2S/c1-24-28(31(37)33-26-15-19-38-20-16-26)21-30(35(24)23-25-11-5-2-6-12-25)29-22-32(17-9-4-10-18-32)36(34-29)39-27-13-7-3-8-14-27/h3,7-8,13-14,21,25-26,29,34H,2,4-6,9-12,15-20,22-23H2,1H3,(H,33,37). The van der Waals surface area contributed by atoms with Gasteiger partial charge in [0.15, 0.2) is 0 Å². The van der Waals surface area contributed by atoms with E-state index < -0.39 is 0 Å². The molecule has 1 spiro atoms. The molecule has 4 fully saturated rings. The first kappa shape index (κ1) is 27.4. The molecule has 2 N–H and O–H groups in total. The van der Waals surface area contributed by atoms with Crippen LogP contribution in [0.1, 0.15) is 111 Å². The van der Waals surface area contributed by atoms with Gasteiger partial charge in [-0.15, -0.1) is 0 Å². The Kier molecular flexibility index (Phi) is 8.69. The number of nitrogens with zero attached hydrogens (tertiary/aromatic N) is 2. The highest BCUT2D eigenvalue weighted by atomic mass is 32.2. The van der Waals surface area contributed by atoms with Gasteiger partial charge in [0.05, 0.1) is 11.6 Å². The van der Waals surface area contributed by atoms with Crippen molar-refractivity contribution >= 4 is 17.9 Å². The Morgan fingerprint density at radius 2 is 1.74 bits per heavy atom. The Labute approximate surface area is 238 Å². The molecule has 4 aliphatic rings. The van der Waals surface area contributed by atoms with Gasteiger partial charge in [-0.3, -0.25) is 4.79 Å². The molecule has 1 atom stereocenters. The molecule has 1 aromatic carbocycles. The summed E-state index contributed by atoms with van der Waals surface area (Å²) in [4.78, 5) is 14.9. The van der Waals surface area contributed by atoms with Crippen molar-refractivity contribution in [1.82, 2.24) is 19.7 Å². The number of carbonyl (C=O) groups excluding carboxylic acids is 1. The minimum atomic E-state index is 0.0870. The van der Waals surface area contributed by atoms with Gasteiger partial charge in [-0.2, -0.15) is 4.41 Å². The monoisotopic (exact) mass is 550 g/mol. The van der Waals surface area contributed by atoms with Crippen LogP contribution in [0.15, 0.2) is 41.3 Å². The maximum Gasteiger partial charge on any atom is 0.253 e. The molecule has 212 valence electrons. The van der Waals surface area contributed by atoms with Crippen LogP contribution in [-0.2, 0) is 11.3 Å². The third-order valence-electron chi connectivity index (χ3n) is 9.73. The summed E-state index contributed by atoms with van der Waals surface area (Å²) in [7, 11) is 0. The Balaban J connectivity index is 1.30. The Morgan fingerprint density at radius 1 is 1.03 bits per heavy atom. The Morgan fingerprint density at radius 3 is 2.49 bits per heavy atom. The maximum atomic E-state index is 13.6. The van der Waals surface area contributed by atoms with Crippen molar-refractivity contribution < 1.29 is 9.53 Å². The summed E-state index contributed by atoms with van der Waals surface area (Å²) in [6, 6.07) is 13.4. The molecule has 6 rings (SSSR count). The molecule has 39 heavy (non-hydrogen) atoms. The fourth-order valence-electron chi connectivity index (χ4n) is 7.45. The molecule has 2 aliphatic heterocycles. The van der Waals surface area contributed by atoms with Crippen LogP contribution >= 0.6 is 11.9 Å². The molecule has 2 saturated carbocycles. The molecule has 1 amide bonds. The van der Waals surface area contributed by atoms with Gasteiger partial charge in [0, 0.05) is 47.6 Å². The second-order valence-electron chi connectivity index (χ2n) is 12.4. The van der Waals surface area contributed by atoms with E-state index in [2.05, 4.69) is 63.0 Å². The summed E-state index contributed by atoms with van der Waals surface area (Å²) in [6.45, 7) is 4.68. The first-order valence-electron chi connectivity index (χ1n) is 15.5. The van der Waals surface area contributed by atoms with Gasteiger partial charge in [0.25, 0.3) is 5.91 Å². The van der Waals surface area contributed by atoms with Crippen LogP contribution < -0.4 is 10.7 Å². The largest absolute Gasteiger partial charge is 0.381 e. The van der Waals surface area contributed by atoms with Crippen molar-refractivity contribution in [3.63, 3.8) is 0 Å². The first-order chi connectivity index (χ1) is 19.1. The van der Waals surface area contributed by atoms with E-state index in [0.29, 0.717) is 5.92 Å². The molecular weight excluding hydrogens is 504 g/mol. The second-order valence-corrected chi connectivity index (χ2v) is 13.4. The summed E-state index contributed by atoms with van der Waals surface area (Å²) in [5, 5.41) is 3.34. The van der Waals surface area contributed by atoms with E-state index in [1.807, 2.05) is 11.9 Å². The number of hydrogen-bond donors (Lipinski definition) is 2. The number of hydrogen-bond acceptors (Lipinski definition) is 5. The van der Waals surface area contributed by atoms with Gasteiger partial charge in [-0.25, -0.2) is 5.43 Å². The van der Waals surface area contributed by atoms with Crippen LogP contribution in [0.25, 0.3) is 0 Å². The number of carbonyl (C=O) groups is 1. The topological polar surface area (TPSA) is 58.5 Å². The highest BCUT2D eigenvalue weighted by Gasteiger charge is 2.48. The molecule has 7 heteroatoms. The van der Waals surface area contributed by atoms with E-state index in [4.69, 9.17) is 4.74 Å². The number of nitrogens with one attached hydrogen (secondary N) is 2. The lowest BCUT2D eigenvalue weighted by atomic mass is 9.79. The van der Waals surface area contributed by atoms with Crippen molar-refractivity contribution in [2.75, 3.05) is 13.2 Å². The minimum absolute atomic E-state index is 0.0870. The normalized spacial score (nSPS) is 24.8. The van der Waals surface area contributed by atoms with Crippen LogP contribution in [-0.4, -0.2) is 39.7 Å². The summed E-state index contributed by atoms with van der Waals surface area (Å²) >= 11 is 1.86. The lowest BCUT2D eigenvalue weighted by Gasteiger charge is -2.39. The quantitative estimate of drug-likeness (QED) is 0.366. The highest BCUT2D eigenvalue weighted by molar-refractivity contribution is 7.97. The molecule has 2 aromatic rings. The minimum Gasteiger partial charge on any atom is -0.381 e. The van der Waals surface area contributed by atoms with E-state index in [1.54, 1.807) is 0 Å². The summed E-state index contributed by atoms with van der Waals surface area (Å²) < 4.78 is 10.6. The van der Waals surface area contributed by atoms with Crippen molar-refractivity contribution in [1.29, 1.82) is 0 Å². The van der Waals surface area contributed by atoms with Gasteiger partial charge >= 0.3 is 0 Å². The lowest BCUT2D eigenvalue weighted by molar-refractivity contribution is 0.0696. The molecule has 6 nitrogen and oxygen atoms in total. The van der Waals surface area contributed by atoms with Crippen molar-refractivity contribution in [2.24, 2.45) is 5.92 Å². The van der Waals surface area contributed by atoms with Gasteiger partial charge < -0.3 is 14.6 Å². The average Bonchev–Trinajstić information content (AvgIpc) is 3.47. The number of aromatic nitrogens is 1. The predicted molar refractivity (Wildman–Crippen MR) is 157 cm³/mol. The number of amides is 1. The number of rotatable bonds is 7. The zero-order valence-corrected chi connectivity index (χ0v) is 24.4. The summed E-state index contributed by atoms with van der Waals surface area (Å²) in [6.07, 6.45) is 15.9. The average molecular weight is 551 g/mol. The summed E-state index contributed by atoms with van der Waals surface area (Å²) in [5.41, 5.74) is 7.43. The van der Waals surface area contributed by atoms with E-state index in [0.717, 1.165) is 50.3 Å². The molecule has 2 aliphatic carbocycles. The molecule has 0 bridgehead atoms. The van der Waals surface area contributed by atoms with Crippen LogP contribution in [0.5, 0.6) is 0 Å². The van der Waals surface area contributed by atoms with Crippen LogP contribution in [0.3, 0.4) is 0 Å². The molecule has 1 unspecified atom stereocenters. The third-order valence-corrected chi connectivity index (χ3v) is 10.9. The maximum absolute atomic E-state index is 13.6. The third kappa shape index (κ3) is 6.12. The Bertz CT molecular complexity index is 1100. The molecular formula is C32H46N4O2S. The lowest BCUT2D eigenvalue weighted by Crippen LogP contribution is -2.44. The molecule has 1 aromatic heterocycles. The van der Waals surface area contributed by atoms with E-state index in [1.165, 1.54) is 74.8 Å². The van der Waals surface area contributed by atoms with Gasteiger partial charge in [0.2, 0.25) is 0 Å². The fraction of sp³-hybridized carbons (Fsp3) is 0.656. The SMILES string of the molecule is Cc1c(C(=O)NC2CCOCC2)cc(C2CC3(CCCCC3)N(Sc3ccccc3)N2)n1CC1CCCCC1. The van der Waals surface area contributed by atoms with Crippen LogP contribution in [0.2, 0.25) is 0 Å². The number of hydrazine groups is 1.